The van der Waals surface area contributed by atoms with Gasteiger partial charge in [0.1, 0.15) is 5.82 Å². The first-order chi connectivity index (χ1) is 18.7. The molecule has 6 heteroatoms. The van der Waals surface area contributed by atoms with Gasteiger partial charge in [-0.1, -0.05) is 42.8 Å². The van der Waals surface area contributed by atoms with E-state index in [-0.39, 0.29) is 17.5 Å². The minimum absolute atomic E-state index is 0.163. The monoisotopic (exact) mass is 513 g/mol. The lowest BCUT2D eigenvalue weighted by molar-refractivity contribution is -0.131. The summed E-state index contributed by atoms with van der Waals surface area (Å²) in [5.41, 5.74) is 4.34. The Labute approximate surface area is 224 Å². The average molecular weight is 514 g/mol. The largest absolute Gasteiger partial charge is 0.478 e. The first kappa shape index (κ1) is 24.4. The molecule has 5 nitrogen and oxygen atoms in total. The fourth-order valence-electron chi connectivity index (χ4n) is 5.85. The standard InChI is InChI=1S/C32H33FN2O3/c1-34(2)28-12-10-25(11-13-28)24-7-3-21(4-8-24)20-35(32(38)30-18-22-5-9-26(30)15-22)29-17-23(6-14-31(36)37)16-27(33)19-29/h3-4,6-8,10-14,16-17,19,22,26,30H,5,9,15,18,20H2,1-2H3,(H,36,37)/b14-6+/t22-,26+,30+/m0/s1/i20D/t20-,22+,26-,30-/m1. The lowest BCUT2D eigenvalue weighted by Gasteiger charge is -2.30. The molecule has 4 atom stereocenters. The van der Waals surface area contributed by atoms with Crippen LogP contribution in [0.5, 0.6) is 0 Å². The molecular weight excluding hydrogens is 479 g/mol. The van der Waals surface area contributed by atoms with Crippen LogP contribution in [0.3, 0.4) is 0 Å². The number of carbonyl (C=O) groups is 2. The Morgan fingerprint density at radius 1 is 0.974 bits per heavy atom. The lowest BCUT2D eigenvalue weighted by Crippen LogP contribution is -2.38. The average Bonchev–Trinajstić information content (AvgIpc) is 3.56. The topological polar surface area (TPSA) is 60.9 Å². The van der Waals surface area contributed by atoms with Gasteiger partial charge in [-0.05, 0) is 89.8 Å². The molecule has 196 valence electrons. The number of fused-ring (bicyclic) bond motifs is 2. The highest BCUT2D eigenvalue weighted by atomic mass is 19.1. The Morgan fingerprint density at radius 2 is 1.66 bits per heavy atom. The number of aliphatic carboxylic acids is 1. The van der Waals surface area contributed by atoms with E-state index >= 15 is 0 Å². The van der Waals surface area contributed by atoms with Gasteiger partial charge in [0, 0.05) is 37.5 Å². The molecule has 3 aromatic carbocycles. The predicted octanol–water partition coefficient (Wildman–Crippen LogP) is 6.63. The van der Waals surface area contributed by atoms with E-state index in [0.717, 1.165) is 48.6 Å². The Bertz CT molecular complexity index is 1390. The zero-order valence-electron chi connectivity index (χ0n) is 22.7. The van der Waals surface area contributed by atoms with Crippen molar-refractivity contribution in [3.05, 3.63) is 89.8 Å². The highest BCUT2D eigenvalue weighted by Gasteiger charge is 2.44. The molecular formula is C32H33FN2O3. The highest BCUT2D eigenvalue weighted by molar-refractivity contribution is 5.96. The molecule has 0 aromatic heterocycles. The molecule has 0 unspecified atom stereocenters. The van der Waals surface area contributed by atoms with Crippen LogP contribution in [0.15, 0.2) is 72.8 Å². The summed E-state index contributed by atoms with van der Waals surface area (Å²) in [4.78, 5) is 28.4. The van der Waals surface area contributed by atoms with Crippen LogP contribution in [0.25, 0.3) is 17.2 Å². The third kappa shape index (κ3) is 5.64. The summed E-state index contributed by atoms with van der Waals surface area (Å²) in [6, 6.07) is 19.8. The maximum absolute atomic E-state index is 14.7. The van der Waals surface area contributed by atoms with Crippen molar-refractivity contribution in [2.75, 3.05) is 23.9 Å². The van der Waals surface area contributed by atoms with Crippen LogP contribution < -0.4 is 9.80 Å². The quantitative estimate of drug-likeness (QED) is 0.344. The maximum atomic E-state index is 14.7. The van der Waals surface area contributed by atoms with Gasteiger partial charge in [-0.2, -0.15) is 0 Å². The number of carboxylic acids is 1. The summed E-state index contributed by atoms with van der Waals surface area (Å²) in [7, 11) is 3.98. The molecule has 2 fully saturated rings. The number of amides is 1. The molecule has 2 aliphatic rings. The van der Waals surface area contributed by atoms with Crippen molar-refractivity contribution in [1.82, 2.24) is 0 Å². The summed E-state index contributed by atoms with van der Waals surface area (Å²) in [5, 5.41) is 9.02. The molecule has 0 radical (unpaired) electrons. The summed E-state index contributed by atoms with van der Waals surface area (Å²) in [6.07, 6.45) is 6.21. The maximum Gasteiger partial charge on any atom is 0.328 e. The normalized spacial score (nSPS) is 21.3. The number of carboxylic acid groups (broad SMARTS) is 1. The van der Waals surface area contributed by atoms with Crippen molar-refractivity contribution < 1.29 is 20.5 Å². The van der Waals surface area contributed by atoms with Crippen LogP contribution >= 0.6 is 0 Å². The van der Waals surface area contributed by atoms with Crippen molar-refractivity contribution >= 4 is 29.3 Å². The fourth-order valence-corrected chi connectivity index (χ4v) is 5.85. The highest BCUT2D eigenvalue weighted by Crippen LogP contribution is 2.49. The molecule has 0 heterocycles. The van der Waals surface area contributed by atoms with Crippen molar-refractivity contribution in [2.24, 2.45) is 17.8 Å². The number of benzene rings is 3. The van der Waals surface area contributed by atoms with Crippen LogP contribution in [0.4, 0.5) is 15.8 Å². The third-order valence-electron chi connectivity index (χ3n) is 7.80. The minimum atomic E-state index is -1.15. The van der Waals surface area contributed by atoms with E-state index in [9.17, 15) is 14.0 Å². The smallest absolute Gasteiger partial charge is 0.328 e. The Hall–Kier alpha value is -3.93. The number of carbonyl (C=O) groups excluding carboxylic acids is 1. The van der Waals surface area contributed by atoms with Gasteiger partial charge in [0.2, 0.25) is 5.91 Å². The van der Waals surface area contributed by atoms with E-state index in [0.29, 0.717) is 23.0 Å². The first-order valence-corrected chi connectivity index (χ1v) is 13.0. The molecule has 5 rings (SSSR count). The van der Waals surface area contributed by atoms with Gasteiger partial charge in [0.05, 0.1) is 7.89 Å². The summed E-state index contributed by atoms with van der Waals surface area (Å²) < 4.78 is 23.9. The van der Waals surface area contributed by atoms with Gasteiger partial charge in [-0.25, -0.2) is 9.18 Å². The van der Waals surface area contributed by atoms with Crippen molar-refractivity contribution in [2.45, 2.75) is 32.2 Å². The summed E-state index contributed by atoms with van der Waals surface area (Å²) in [6.45, 7) is -1.08. The molecule has 1 N–H and O–H groups in total. The van der Waals surface area contributed by atoms with Crippen molar-refractivity contribution in [3.8, 4) is 11.1 Å². The zero-order chi connectivity index (χ0) is 27.7. The van der Waals surface area contributed by atoms with Crippen LogP contribution in [0.1, 0.15) is 38.2 Å². The van der Waals surface area contributed by atoms with E-state index in [1.165, 1.54) is 23.1 Å². The molecule has 0 aliphatic heterocycles. The molecule has 1 amide bonds. The number of hydrogen-bond donors (Lipinski definition) is 1. The van der Waals surface area contributed by atoms with Crippen LogP contribution in [-0.2, 0) is 16.1 Å². The Balaban J connectivity index is 1.48. The van der Waals surface area contributed by atoms with Gasteiger partial charge in [0.15, 0.2) is 0 Å². The zero-order valence-corrected chi connectivity index (χ0v) is 21.7. The molecule has 2 saturated carbocycles. The van der Waals surface area contributed by atoms with E-state index in [4.69, 9.17) is 6.48 Å². The first-order valence-electron chi connectivity index (χ1n) is 13.6. The Kier molecular flexibility index (Phi) is 6.95. The van der Waals surface area contributed by atoms with Crippen LogP contribution in [0, 0.1) is 23.6 Å². The second-order valence-corrected chi connectivity index (χ2v) is 10.6. The number of hydrogen-bond acceptors (Lipinski definition) is 3. The molecule has 0 saturated heterocycles. The van der Waals surface area contributed by atoms with Crippen LogP contribution in [-0.4, -0.2) is 31.1 Å². The second kappa shape index (κ2) is 10.8. The minimum Gasteiger partial charge on any atom is -0.478 e. The summed E-state index contributed by atoms with van der Waals surface area (Å²) in [5.74, 6) is -1.26. The van der Waals surface area contributed by atoms with Crippen molar-refractivity contribution in [1.29, 1.82) is 0 Å². The molecule has 38 heavy (non-hydrogen) atoms. The van der Waals surface area contributed by atoms with E-state index in [1.807, 2.05) is 67.5 Å². The van der Waals surface area contributed by atoms with E-state index < -0.39 is 18.3 Å². The number of nitrogens with zero attached hydrogens (tertiary/aromatic N) is 2. The number of rotatable bonds is 8. The van der Waals surface area contributed by atoms with Gasteiger partial charge in [0.25, 0.3) is 0 Å². The van der Waals surface area contributed by atoms with Gasteiger partial charge in [-0.15, -0.1) is 0 Å². The predicted molar refractivity (Wildman–Crippen MR) is 149 cm³/mol. The number of anilines is 2. The molecule has 3 aromatic rings. The van der Waals surface area contributed by atoms with Crippen LogP contribution in [0.2, 0.25) is 0 Å². The third-order valence-corrected chi connectivity index (χ3v) is 7.80. The van der Waals surface area contributed by atoms with Gasteiger partial charge in [-0.3, -0.25) is 4.79 Å². The molecule has 2 bridgehead atoms. The van der Waals surface area contributed by atoms with Gasteiger partial charge < -0.3 is 14.9 Å². The van der Waals surface area contributed by atoms with Crippen molar-refractivity contribution in [3.63, 3.8) is 0 Å². The molecule has 0 spiro atoms. The SMILES string of the molecule is [2H][C@H](c1ccc(-c2ccc(N(C)C)cc2)cc1)N(C(=O)[C@@H]1C[C@H]2CC[C@@H]1C2)c1cc(F)cc(/C=C/C(=O)O)c1. The number of halogens is 1. The fraction of sp³-hybridized carbons (Fsp3) is 0.312. The molecule has 2 aliphatic carbocycles. The van der Waals surface area contributed by atoms with Gasteiger partial charge >= 0.3 is 5.97 Å². The second-order valence-electron chi connectivity index (χ2n) is 10.6. The van der Waals surface area contributed by atoms with E-state index in [1.54, 1.807) is 6.07 Å². The lowest BCUT2D eigenvalue weighted by atomic mass is 9.87. The summed E-state index contributed by atoms with van der Waals surface area (Å²) >= 11 is 0. The van der Waals surface area contributed by atoms with E-state index in [2.05, 4.69) is 0 Å². The Morgan fingerprint density at radius 3 is 2.24 bits per heavy atom.